The van der Waals surface area contributed by atoms with Crippen molar-refractivity contribution in [1.82, 2.24) is 0 Å². The predicted octanol–water partition coefficient (Wildman–Crippen LogP) is 10.2. The van der Waals surface area contributed by atoms with E-state index in [0.29, 0.717) is 0 Å². The number of rotatable bonds is 10. The van der Waals surface area contributed by atoms with Crippen molar-refractivity contribution in [2.45, 2.75) is 152 Å². The molecular weight excluding hydrogens is 300 g/mol. The molecular formula is C25H56. The van der Waals surface area contributed by atoms with Crippen molar-refractivity contribution < 1.29 is 0 Å². The first kappa shape index (κ1) is 29.8. The summed E-state index contributed by atoms with van der Waals surface area (Å²) in [4.78, 5) is 0. The zero-order chi connectivity index (χ0) is 19.8. The second-order valence-corrected chi connectivity index (χ2v) is 7.37. The van der Waals surface area contributed by atoms with E-state index in [-0.39, 0.29) is 0 Å². The lowest BCUT2D eigenvalue weighted by atomic mass is 9.83. The van der Waals surface area contributed by atoms with Gasteiger partial charge in [-0.2, -0.15) is 0 Å². The Kier molecular flexibility index (Phi) is 34.3. The van der Waals surface area contributed by atoms with Crippen LogP contribution in [0.5, 0.6) is 0 Å². The molecule has 25 heavy (non-hydrogen) atoms. The summed E-state index contributed by atoms with van der Waals surface area (Å²) >= 11 is 0. The second kappa shape index (κ2) is 28.8. The third kappa shape index (κ3) is 26.3. The fourth-order valence-electron chi connectivity index (χ4n) is 3.37. The summed E-state index contributed by atoms with van der Waals surface area (Å²) in [7, 11) is 0. The Morgan fingerprint density at radius 3 is 1.40 bits per heavy atom. The highest BCUT2D eigenvalue weighted by atomic mass is 14.2. The fourth-order valence-corrected chi connectivity index (χ4v) is 3.37. The molecule has 0 aromatic rings. The maximum absolute atomic E-state index is 2.40. The van der Waals surface area contributed by atoms with E-state index in [2.05, 4.69) is 27.7 Å². The lowest BCUT2D eigenvalue weighted by molar-refractivity contribution is 0.293. The van der Waals surface area contributed by atoms with Crippen LogP contribution >= 0.6 is 0 Å². The molecule has 0 radical (unpaired) electrons. The van der Waals surface area contributed by atoms with Gasteiger partial charge in [-0.1, -0.05) is 145 Å². The van der Waals surface area contributed by atoms with Crippen LogP contribution in [0.2, 0.25) is 0 Å². The van der Waals surface area contributed by atoms with Crippen molar-refractivity contribution in [1.29, 1.82) is 0 Å². The summed E-state index contributed by atoms with van der Waals surface area (Å²) in [5, 5.41) is 0. The SMILES string of the molecule is CC.CC.CCC(C)CC1CCCCC1.CCCCCCCCCC. The average molecular weight is 357 g/mol. The Hall–Kier alpha value is 0. The summed E-state index contributed by atoms with van der Waals surface area (Å²) in [6.07, 6.45) is 21.9. The maximum atomic E-state index is 2.40. The maximum Gasteiger partial charge on any atom is -0.0412 e. The molecule has 1 aliphatic carbocycles. The molecule has 0 aromatic heterocycles. The van der Waals surface area contributed by atoms with Crippen molar-refractivity contribution in [3.05, 3.63) is 0 Å². The average Bonchev–Trinajstić information content (AvgIpc) is 2.69. The third-order valence-electron chi connectivity index (χ3n) is 5.11. The summed E-state index contributed by atoms with van der Waals surface area (Å²) in [5.41, 5.74) is 0. The van der Waals surface area contributed by atoms with Gasteiger partial charge in [-0.15, -0.1) is 0 Å². The van der Waals surface area contributed by atoms with Crippen LogP contribution in [-0.2, 0) is 0 Å². The quantitative estimate of drug-likeness (QED) is 0.341. The summed E-state index contributed by atoms with van der Waals surface area (Å²) in [5.74, 6) is 2.05. The van der Waals surface area contributed by atoms with Gasteiger partial charge in [-0.25, -0.2) is 0 Å². The molecule has 1 saturated carbocycles. The lowest BCUT2D eigenvalue weighted by Gasteiger charge is -2.23. The number of hydrogen-bond donors (Lipinski definition) is 0. The van der Waals surface area contributed by atoms with E-state index >= 15 is 0 Å². The largest absolute Gasteiger partial charge is 0.0683 e. The summed E-state index contributed by atoms with van der Waals surface area (Å²) in [6, 6.07) is 0. The first-order valence-electron chi connectivity index (χ1n) is 12.2. The minimum atomic E-state index is 0.970. The van der Waals surface area contributed by atoms with Gasteiger partial charge < -0.3 is 0 Å². The normalized spacial score (nSPS) is 14.9. The standard InChI is InChI=1S/C11H22.C10H22.2C2H6/c1-3-10(2)9-11-7-5-4-6-8-11;1-3-5-7-9-10-8-6-4-2;2*1-2/h10-11H,3-9H2,1-2H3;3-10H2,1-2H3;2*1-2H3. The van der Waals surface area contributed by atoms with Crippen molar-refractivity contribution >= 4 is 0 Å². The van der Waals surface area contributed by atoms with E-state index in [1.54, 1.807) is 0 Å². The molecule has 0 aliphatic heterocycles. The summed E-state index contributed by atoms with van der Waals surface area (Å²) in [6.45, 7) is 17.3. The van der Waals surface area contributed by atoms with Gasteiger partial charge in [0, 0.05) is 0 Å². The van der Waals surface area contributed by atoms with E-state index in [1.807, 2.05) is 27.7 Å². The Bertz CT molecular complexity index is 170. The minimum absolute atomic E-state index is 0.970. The Labute approximate surface area is 164 Å². The van der Waals surface area contributed by atoms with Gasteiger partial charge in [-0.05, 0) is 18.3 Å². The topological polar surface area (TPSA) is 0 Å². The van der Waals surface area contributed by atoms with Crippen LogP contribution in [0.1, 0.15) is 152 Å². The van der Waals surface area contributed by atoms with E-state index in [9.17, 15) is 0 Å². The molecule has 0 heteroatoms. The first-order chi connectivity index (χ1) is 12.2. The molecule has 1 unspecified atom stereocenters. The van der Waals surface area contributed by atoms with Crippen LogP contribution in [0.3, 0.4) is 0 Å². The molecule has 0 spiro atoms. The lowest BCUT2D eigenvalue weighted by Crippen LogP contribution is -2.09. The smallest absolute Gasteiger partial charge is 0.0412 e. The van der Waals surface area contributed by atoms with Gasteiger partial charge in [0.2, 0.25) is 0 Å². The molecule has 1 atom stereocenters. The Balaban J connectivity index is -0.000000324. The van der Waals surface area contributed by atoms with Gasteiger partial charge in [-0.3, -0.25) is 0 Å². The molecule has 0 bridgehead atoms. The molecule has 1 fully saturated rings. The van der Waals surface area contributed by atoms with Crippen LogP contribution in [0.25, 0.3) is 0 Å². The zero-order valence-electron chi connectivity index (χ0n) is 19.8. The monoisotopic (exact) mass is 356 g/mol. The van der Waals surface area contributed by atoms with Gasteiger partial charge in [0.15, 0.2) is 0 Å². The van der Waals surface area contributed by atoms with Gasteiger partial charge >= 0.3 is 0 Å². The van der Waals surface area contributed by atoms with Crippen LogP contribution < -0.4 is 0 Å². The molecule has 0 saturated heterocycles. The van der Waals surface area contributed by atoms with Crippen LogP contribution in [0, 0.1) is 11.8 Å². The van der Waals surface area contributed by atoms with Crippen molar-refractivity contribution in [2.24, 2.45) is 11.8 Å². The molecule has 156 valence electrons. The van der Waals surface area contributed by atoms with Gasteiger partial charge in [0.1, 0.15) is 0 Å². The Morgan fingerprint density at radius 1 is 0.640 bits per heavy atom. The number of hydrogen-bond acceptors (Lipinski definition) is 0. The molecule has 0 heterocycles. The fraction of sp³-hybridized carbons (Fsp3) is 1.00. The van der Waals surface area contributed by atoms with Crippen LogP contribution in [0.4, 0.5) is 0 Å². The van der Waals surface area contributed by atoms with E-state index in [4.69, 9.17) is 0 Å². The van der Waals surface area contributed by atoms with E-state index in [0.717, 1.165) is 11.8 Å². The minimum Gasteiger partial charge on any atom is -0.0683 e. The molecule has 0 amide bonds. The first-order valence-corrected chi connectivity index (χ1v) is 12.2. The molecule has 1 rings (SSSR count). The molecule has 0 nitrogen and oxygen atoms in total. The zero-order valence-corrected chi connectivity index (χ0v) is 19.8. The highest BCUT2D eigenvalue weighted by molar-refractivity contribution is 4.67. The van der Waals surface area contributed by atoms with E-state index in [1.165, 1.54) is 96.3 Å². The van der Waals surface area contributed by atoms with E-state index < -0.39 is 0 Å². The molecule has 0 aromatic carbocycles. The predicted molar refractivity (Wildman–Crippen MR) is 122 cm³/mol. The van der Waals surface area contributed by atoms with Gasteiger partial charge in [0.05, 0.1) is 0 Å². The highest BCUT2D eigenvalue weighted by Crippen LogP contribution is 2.29. The summed E-state index contributed by atoms with van der Waals surface area (Å²) < 4.78 is 0. The Morgan fingerprint density at radius 2 is 1.04 bits per heavy atom. The van der Waals surface area contributed by atoms with Gasteiger partial charge in [0.25, 0.3) is 0 Å². The third-order valence-corrected chi connectivity index (χ3v) is 5.11. The van der Waals surface area contributed by atoms with Crippen molar-refractivity contribution in [3.63, 3.8) is 0 Å². The van der Waals surface area contributed by atoms with Crippen LogP contribution in [0.15, 0.2) is 0 Å². The van der Waals surface area contributed by atoms with Crippen LogP contribution in [-0.4, -0.2) is 0 Å². The van der Waals surface area contributed by atoms with Crippen molar-refractivity contribution in [2.75, 3.05) is 0 Å². The van der Waals surface area contributed by atoms with Crippen molar-refractivity contribution in [3.8, 4) is 0 Å². The molecule has 0 N–H and O–H groups in total. The number of unbranched alkanes of at least 4 members (excludes halogenated alkanes) is 7. The highest BCUT2D eigenvalue weighted by Gasteiger charge is 2.15. The molecule has 1 aliphatic rings. The second-order valence-electron chi connectivity index (χ2n) is 7.37.